The minimum Gasteiger partial charge on any atom is -0.387 e. The summed E-state index contributed by atoms with van der Waals surface area (Å²) in [5.74, 6) is 1.03. The molecule has 1 saturated carbocycles. The number of hydrogen-bond acceptors (Lipinski definition) is 3. The van der Waals surface area contributed by atoms with E-state index in [-0.39, 0.29) is 11.3 Å². The zero-order chi connectivity index (χ0) is 20.7. The first kappa shape index (κ1) is 20.0. The normalized spacial score (nSPS) is 22.6. The second-order valence-corrected chi connectivity index (χ2v) is 9.66. The van der Waals surface area contributed by atoms with Crippen LogP contribution in [0.4, 0.5) is 5.69 Å². The van der Waals surface area contributed by atoms with Crippen molar-refractivity contribution >= 4 is 23.2 Å². The molecule has 0 bridgehead atoms. The quantitative estimate of drug-likeness (QED) is 0.751. The molecule has 2 aromatic rings. The number of amides is 1. The number of aliphatic hydroxyl groups is 1. The third-order valence-corrected chi connectivity index (χ3v) is 7.48. The number of aliphatic hydroxyl groups excluding tert-OH is 1. The molecule has 158 valence electrons. The molecule has 1 aliphatic carbocycles. The zero-order valence-electron chi connectivity index (χ0n) is 17.3. The summed E-state index contributed by atoms with van der Waals surface area (Å²) in [5, 5.41) is 11.2. The highest BCUT2D eigenvalue weighted by atomic mass is 35.5. The predicted molar refractivity (Wildman–Crippen MR) is 120 cm³/mol. The van der Waals surface area contributed by atoms with Crippen molar-refractivity contribution in [1.29, 1.82) is 0 Å². The van der Waals surface area contributed by atoms with Gasteiger partial charge in [0.15, 0.2) is 0 Å². The molecular weight excluding hydrogens is 396 g/mol. The van der Waals surface area contributed by atoms with Gasteiger partial charge < -0.3 is 14.9 Å². The van der Waals surface area contributed by atoms with Gasteiger partial charge in [-0.25, -0.2) is 0 Å². The number of benzene rings is 2. The standard InChI is InChI=1S/C25H29ClN2O2/c26-21-3-1-2-20(16-21)23(29)17-27-13-10-25(11-14-27)12-15-28(24(25)30)22-8-6-19(7-9-22)18-4-5-18/h1-3,6-9,16,18,23,29H,4-5,10-15,17H2/t23-/m0/s1. The summed E-state index contributed by atoms with van der Waals surface area (Å²) in [5.41, 5.74) is 3.07. The maximum atomic E-state index is 13.3. The van der Waals surface area contributed by atoms with Crippen LogP contribution in [0.5, 0.6) is 0 Å². The van der Waals surface area contributed by atoms with Gasteiger partial charge in [0.25, 0.3) is 0 Å². The molecule has 0 unspecified atom stereocenters. The highest BCUT2D eigenvalue weighted by Gasteiger charge is 2.48. The summed E-state index contributed by atoms with van der Waals surface area (Å²) in [6.45, 7) is 3.08. The molecule has 5 rings (SSSR count). The number of rotatable bonds is 5. The number of carbonyl (C=O) groups excluding carboxylic acids is 1. The summed E-state index contributed by atoms with van der Waals surface area (Å²) in [4.78, 5) is 17.6. The first-order chi connectivity index (χ1) is 14.5. The van der Waals surface area contributed by atoms with Crippen molar-refractivity contribution in [2.75, 3.05) is 31.1 Å². The minimum atomic E-state index is -0.557. The van der Waals surface area contributed by atoms with Gasteiger partial charge in [-0.2, -0.15) is 0 Å². The van der Waals surface area contributed by atoms with Crippen molar-refractivity contribution in [2.24, 2.45) is 5.41 Å². The van der Waals surface area contributed by atoms with Gasteiger partial charge in [-0.3, -0.25) is 4.79 Å². The zero-order valence-corrected chi connectivity index (χ0v) is 18.0. The Kier molecular flexibility index (Phi) is 5.34. The first-order valence-electron chi connectivity index (χ1n) is 11.1. The van der Waals surface area contributed by atoms with Gasteiger partial charge in [0.2, 0.25) is 5.91 Å². The molecule has 4 nitrogen and oxygen atoms in total. The molecule has 2 heterocycles. The monoisotopic (exact) mass is 424 g/mol. The van der Waals surface area contributed by atoms with E-state index >= 15 is 0 Å². The molecular formula is C25H29ClN2O2. The van der Waals surface area contributed by atoms with Crippen LogP contribution in [0.3, 0.4) is 0 Å². The predicted octanol–water partition coefficient (Wildman–Crippen LogP) is 4.77. The van der Waals surface area contributed by atoms with Gasteiger partial charge in [0.05, 0.1) is 11.5 Å². The molecule has 2 aliphatic heterocycles. The lowest BCUT2D eigenvalue weighted by Crippen LogP contribution is -2.45. The van der Waals surface area contributed by atoms with E-state index in [9.17, 15) is 9.90 Å². The van der Waals surface area contributed by atoms with Crippen molar-refractivity contribution in [2.45, 2.75) is 44.1 Å². The molecule has 1 atom stereocenters. The number of nitrogens with zero attached hydrogens (tertiary/aromatic N) is 2. The van der Waals surface area contributed by atoms with Crippen LogP contribution in [0.25, 0.3) is 0 Å². The van der Waals surface area contributed by atoms with E-state index in [1.807, 2.05) is 29.2 Å². The molecule has 2 saturated heterocycles. The number of hydrogen-bond donors (Lipinski definition) is 1. The van der Waals surface area contributed by atoms with E-state index in [0.717, 1.165) is 56.1 Å². The third kappa shape index (κ3) is 3.89. The molecule has 0 radical (unpaired) electrons. The van der Waals surface area contributed by atoms with Crippen molar-refractivity contribution in [3.63, 3.8) is 0 Å². The van der Waals surface area contributed by atoms with Crippen molar-refractivity contribution in [3.8, 4) is 0 Å². The van der Waals surface area contributed by atoms with Gasteiger partial charge in [-0.05, 0) is 86.5 Å². The van der Waals surface area contributed by atoms with Crippen LogP contribution in [0.15, 0.2) is 48.5 Å². The number of piperidine rings is 1. The Morgan fingerprint density at radius 2 is 1.73 bits per heavy atom. The van der Waals surface area contributed by atoms with Crippen molar-refractivity contribution in [3.05, 3.63) is 64.7 Å². The van der Waals surface area contributed by atoms with Crippen molar-refractivity contribution < 1.29 is 9.90 Å². The Bertz CT molecular complexity index is 917. The Hall–Kier alpha value is -1.88. The number of carbonyl (C=O) groups is 1. The fraction of sp³-hybridized carbons (Fsp3) is 0.480. The van der Waals surface area contributed by atoms with Crippen LogP contribution in [0, 0.1) is 5.41 Å². The molecule has 3 aliphatic rings. The Balaban J connectivity index is 1.19. The Morgan fingerprint density at radius 3 is 2.40 bits per heavy atom. The first-order valence-corrected chi connectivity index (χ1v) is 11.5. The third-order valence-electron chi connectivity index (χ3n) is 7.24. The average Bonchev–Trinajstić information content (AvgIpc) is 3.56. The van der Waals surface area contributed by atoms with E-state index in [0.29, 0.717) is 11.6 Å². The number of halogens is 1. The van der Waals surface area contributed by atoms with Crippen LogP contribution in [0.1, 0.15) is 55.3 Å². The molecule has 1 N–H and O–H groups in total. The van der Waals surface area contributed by atoms with Gasteiger partial charge in [0.1, 0.15) is 0 Å². The van der Waals surface area contributed by atoms with Crippen molar-refractivity contribution in [1.82, 2.24) is 4.90 Å². The lowest BCUT2D eigenvalue weighted by molar-refractivity contribution is -0.128. The number of anilines is 1. The van der Waals surface area contributed by atoms with Gasteiger partial charge in [-0.15, -0.1) is 0 Å². The fourth-order valence-corrected chi connectivity index (χ4v) is 5.30. The summed E-state index contributed by atoms with van der Waals surface area (Å²) in [6.07, 6.45) is 4.70. The fourth-order valence-electron chi connectivity index (χ4n) is 5.10. The van der Waals surface area contributed by atoms with Crippen LogP contribution in [-0.4, -0.2) is 42.1 Å². The van der Waals surface area contributed by atoms with E-state index in [1.54, 1.807) is 0 Å². The smallest absolute Gasteiger partial charge is 0.233 e. The van der Waals surface area contributed by atoms with E-state index in [4.69, 9.17) is 11.6 Å². The number of likely N-dealkylation sites (tertiary alicyclic amines) is 1. The molecule has 1 amide bonds. The van der Waals surface area contributed by atoms with E-state index < -0.39 is 6.10 Å². The lowest BCUT2D eigenvalue weighted by Gasteiger charge is -2.38. The van der Waals surface area contributed by atoms with E-state index in [1.165, 1.54) is 18.4 Å². The molecule has 1 spiro atoms. The summed E-state index contributed by atoms with van der Waals surface area (Å²) >= 11 is 6.05. The molecule has 30 heavy (non-hydrogen) atoms. The molecule has 2 aromatic carbocycles. The minimum absolute atomic E-state index is 0.229. The highest BCUT2D eigenvalue weighted by molar-refractivity contribution is 6.30. The van der Waals surface area contributed by atoms with Crippen LogP contribution < -0.4 is 4.90 Å². The summed E-state index contributed by atoms with van der Waals surface area (Å²) < 4.78 is 0. The van der Waals surface area contributed by atoms with Gasteiger partial charge in [-0.1, -0.05) is 35.9 Å². The topological polar surface area (TPSA) is 43.8 Å². The lowest BCUT2D eigenvalue weighted by atomic mass is 9.77. The average molecular weight is 425 g/mol. The maximum Gasteiger partial charge on any atom is 0.233 e. The Morgan fingerprint density at radius 1 is 1.03 bits per heavy atom. The molecule has 3 fully saturated rings. The summed E-state index contributed by atoms with van der Waals surface area (Å²) in [7, 11) is 0. The largest absolute Gasteiger partial charge is 0.387 e. The second kappa shape index (κ2) is 7.99. The molecule has 5 heteroatoms. The van der Waals surface area contributed by atoms with Gasteiger partial charge >= 0.3 is 0 Å². The highest BCUT2D eigenvalue weighted by Crippen LogP contribution is 2.44. The van der Waals surface area contributed by atoms with Crippen LogP contribution >= 0.6 is 11.6 Å². The molecule has 0 aromatic heterocycles. The van der Waals surface area contributed by atoms with Crippen LogP contribution in [-0.2, 0) is 4.79 Å². The van der Waals surface area contributed by atoms with E-state index in [2.05, 4.69) is 29.2 Å². The SMILES string of the molecule is O=C1N(c2ccc(C3CC3)cc2)CCC12CCN(C[C@H](O)c1cccc(Cl)c1)CC2. The summed E-state index contributed by atoms with van der Waals surface area (Å²) in [6, 6.07) is 16.1. The second-order valence-electron chi connectivity index (χ2n) is 9.22. The maximum absolute atomic E-state index is 13.3. The van der Waals surface area contributed by atoms with Crippen LogP contribution in [0.2, 0.25) is 5.02 Å². The Labute approximate surface area is 183 Å². The number of β-amino-alcohol motifs (C(OH)–C–C–N with tert-alkyl or cyclic N) is 1. The van der Waals surface area contributed by atoms with Gasteiger partial charge in [0, 0.05) is 23.8 Å².